The first-order chi connectivity index (χ1) is 16.7. The lowest BCUT2D eigenvalue weighted by Gasteiger charge is -2.32. The van der Waals surface area contributed by atoms with Gasteiger partial charge in [-0.3, -0.25) is 9.69 Å². The van der Waals surface area contributed by atoms with Gasteiger partial charge in [0.05, 0.1) is 22.3 Å². The van der Waals surface area contributed by atoms with Gasteiger partial charge in [-0.2, -0.15) is 13.2 Å². The topological polar surface area (TPSA) is 63.3 Å². The third-order valence-corrected chi connectivity index (χ3v) is 7.31. The van der Waals surface area contributed by atoms with Crippen molar-refractivity contribution in [1.82, 2.24) is 19.9 Å². The lowest BCUT2D eigenvalue weighted by atomic mass is 10.0. The van der Waals surface area contributed by atoms with Gasteiger partial charge < -0.3 is 14.4 Å². The van der Waals surface area contributed by atoms with Crippen LogP contribution in [-0.2, 0) is 6.54 Å². The number of carbonyl (C=O) groups excluding carboxylic acids is 1. The van der Waals surface area contributed by atoms with Gasteiger partial charge in [0.15, 0.2) is 5.76 Å². The van der Waals surface area contributed by atoms with Crippen LogP contribution in [0.25, 0.3) is 21.5 Å². The van der Waals surface area contributed by atoms with E-state index in [4.69, 9.17) is 16.1 Å². The highest BCUT2D eigenvalue weighted by molar-refractivity contribution is 7.19. The average Bonchev–Trinajstić information content (AvgIpc) is 3.53. The largest absolute Gasteiger partial charge is 0.401 e. The zero-order chi connectivity index (χ0) is 24.6. The van der Waals surface area contributed by atoms with Crippen LogP contribution in [0.4, 0.5) is 13.2 Å². The van der Waals surface area contributed by atoms with Crippen LogP contribution in [-0.4, -0.2) is 52.4 Å². The molecule has 1 fully saturated rings. The highest BCUT2D eigenvalue weighted by atomic mass is 35.5. The zero-order valence-electron chi connectivity index (χ0n) is 18.5. The Hall–Kier alpha value is -2.82. The predicted molar refractivity (Wildman–Crippen MR) is 129 cm³/mol. The second-order valence-electron chi connectivity index (χ2n) is 8.60. The van der Waals surface area contributed by atoms with Gasteiger partial charge in [-0.25, -0.2) is 0 Å². The Kier molecular flexibility index (Phi) is 6.61. The summed E-state index contributed by atoms with van der Waals surface area (Å²) in [4.78, 5) is 15.5. The Morgan fingerprint density at radius 3 is 2.66 bits per heavy atom. The normalized spacial score (nSPS) is 15.7. The summed E-state index contributed by atoms with van der Waals surface area (Å²) in [5.41, 5.74) is 1.99. The van der Waals surface area contributed by atoms with Gasteiger partial charge >= 0.3 is 6.18 Å². The molecule has 0 aliphatic carbocycles. The van der Waals surface area contributed by atoms with Gasteiger partial charge in [-0.05, 0) is 37.1 Å². The fourth-order valence-corrected chi connectivity index (χ4v) is 5.42. The second kappa shape index (κ2) is 9.67. The van der Waals surface area contributed by atoms with Crippen molar-refractivity contribution in [3.8, 4) is 10.6 Å². The zero-order valence-corrected chi connectivity index (χ0v) is 20.1. The summed E-state index contributed by atoms with van der Waals surface area (Å²) in [7, 11) is 0. The number of thiophene rings is 1. The van der Waals surface area contributed by atoms with Crippen molar-refractivity contribution in [3.63, 3.8) is 0 Å². The van der Waals surface area contributed by atoms with E-state index in [-0.39, 0.29) is 11.9 Å². The van der Waals surface area contributed by atoms with E-state index >= 15 is 0 Å². The minimum absolute atomic E-state index is 0.180. The van der Waals surface area contributed by atoms with Crippen LogP contribution in [0.2, 0.25) is 4.34 Å². The first-order valence-electron chi connectivity index (χ1n) is 11.1. The van der Waals surface area contributed by atoms with Crippen molar-refractivity contribution in [2.45, 2.75) is 31.6 Å². The molecule has 0 saturated carbocycles. The van der Waals surface area contributed by atoms with Gasteiger partial charge in [0.25, 0.3) is 5.91 Å². The number of rotatable bonds is 6. The number of likely N-dealkylation sites (tertiary alicyclic amines) is 1. The molecule has 1 amide bonds. The number of halogens is 4. The van der Waals surface area contributed by atoms with E-state index < -0.39 is 12.7 Å². The molecule has 1 aliphatic heterocycles. The Bertz CT molecular complexity index is 1340. The molecular weight excluding hydrogens is 501 g/mol. The molecule has 0 bridgehead atoms. The summed E-state index contributed by atoms with van der Waals surface area (Å²) >= 11 is 7.41. The van der Waals surface area contributed by atoms with Crippen molar-refractivity contribution in [2.75, 3.05) is 19.6 Å². The van der Waals surface area contributed by atoms with E-state index in [1.807, 2.05) is 47.0 Å². The molecule has 3 aromatic heterocycles. The predicted octanol–water partition coefficient (Wildman–Crippen LogP) is 5.82. The summed E-state index contributed by atoms with van der Waals surface area (Å²) in [5.74, 6) is 0.342. The molecule has 5 rings (SSSR count). The van der Waals surface area contributed by atoms with E-state index in [2.05, 4.69) is 10.5 Å². The number of para-hydroxylation sites is 1. The Morgan fingerprint density at radius 1 is 1.17 bits per heavy atom. The number of hydrogen-bond acceptors (Lipinski definition) is 5. The molecule has 6 nitrogen and oxygen atoms in total. The first-order valence-corrected chi connectivity index (χ1v) is 12.3. The molecule has 1 saturated heterocycles. The Morgan fingerprint density at radius 2 is 1.94 bits per heavy atom. The summed E-state index contributed by atoms with van der Waals surface area (Å²) in [5, 5.41) is 8.10. The van der Waals surface area contributed by atoms with Crippen molar-refractivity contribution < 1.29 is 22.5 Å². The number of alkyl halides is 3. The maximum Gasteiger partial charge on any atom is 0.401 e. The lowest BCUT2D eigenvalue weighted by molar-refractivity contribution is -0.148. The van der Waals surface area contributed by atoms with Crippen LogP contribution in [0.5, 0.6) is 0 Å². The highest BCUT2D eigenvalue weighted by Gasteiger charge is 2.33. The number of aromatic nitrogens is 2. The van der Waals surface area contributed by atoms with E-state index in [9.17, 15) is 18.0 Å². The van der Waals surface area contributed by atoms with Gasteiger partial charge in [0.2, 0.25) is 0 Å². The van der Waals surface area contributed by atoms with Gasteiger partial charge in [0.1, 0.15) is 11.4 Å². The molecule has 1 aliphatic rings. The number of amides is 1. The number of benzene rings is 1. The molecule has 184 valence electrons. The van der Waals surface area contributed by atoms with Crippen molar-refractivity contribution in [3.05, 3.63) is 64.3 Å². The number of piperidine rings is 1. The third kappa shape index (κ3) is 5.55. The van der Waals surface area contributed by atoms with Crippen LogP contribution >= 0.6 is 22.9 Å². The van der Waals surface area contributed by atoms with Gasteiger partial charge in [-0.15, -0.1) is 11.3 Å². The molecule has 0 spiro atoms. The van der Waals surface area contributed by atoms with Gasteiger partial charge in [-0.1, -0.05) is 35.0 Å². The van der Waals surface area contributed by atoms with E-state index in [0.717, 1.165) is 15.8 Å². The molecule has 0 radical (unpaired) electrons. The summed E-state index contributed by atoms with van der Waals surface area (Å²) < 4.78 is 46.0. The molecule has 35 heavy (non-hydrogen) atoms. The minimum Gasteiger partial charge on any atom is -0.355 e. The fraction of sp³-hybridized carbons (Fsp3) is 0.333. The summed E-state index contributed by atoms with van der Waals surface area (Å²) in [6.45, 7) is -0.00797. The molecule has 4 heterocycles. The molecule has 1 aromatic carbocycles. The van der Waals surface area contributed by atoms with E-state index in [1.54, 1.807) is 6.07 Å². The van der Waals surface area contributed by atoms with E-state index in [0.29, 0.717) is 54.0 Å². The van der Waals surface area contributed by atoms with Crippen LogP contribution in [0.15, 0.2) is 53.1 Å². The Balaban J connectivity index is 1.33. The maximum absolute atomic E-state index is 13.3. The number of fused-ring (bicyclic) bond motifs is 1. The maximum atomic E-state index is 13.3. The van der Waals surface area contributed by atoms with Crippen molar-refractivity contribution in [2.24, 2.45) is 0 Å². The number of nitrogens with one attached hydrogen (secondary N) is 1. The smallest absolute Gasteiger partial charge is 0.355 e. The first kappa shape index (κ1) is 23.9. The monoisotopic (exact) mass is 522 g/mol. The average molecular weight is 523 g/mol. The van der Waals surface area contributed by atoms with Crippen LogP contribution < -0.4 is 5.32 Å². The fourth-order valence-electron chi connectivity index (χ4n) is 4.43. The molecule has 0 atom stereocenters. The second-order valence-corrected chi connectivity index (χ2v) is 10.3. The molecule has 0 unspecified atom stereocenters. The minimum atomic E-state index is -4.21. The summed E-state index contributed by atoms with van der Waals surface area (Å²) in [6, 6.07) is 14.8. The van der Waals surface area contributed by atoms with Crippen molar-refractivity contribution in [1.29, 1.82) is 0 Å². The Labute approximate surface area is 208 Å². The molecule has 4 aromatic rings. The third-order valence-electron chi connectivity index (χ3n) is 6.06. The number of carbonyl (C=O) groups is 1. The number of hydrogen-bond donors (Lipinski definition) is 1. The van der Waals surface area contributed by atoms with Crippen LogP contribution in [0, 0.1) is 0 Å². The molecule has 1 N–H and O–H groups in total. The lowest BCUT2D eigenvalue weighted by Crippen LogP contribution is -2.47. The van der Waals surface area contributed by atoms with Crippen molar-refractivity contribution >= 4 is 39.7 Å². The van der Waals surface area contributed by atoms with Crippen LogP contribution in [0.3, 0.4) is 0 Å². The van der Waals surface area contributed by atoms with Crippen LogP contribution in [0.1, 0.15) is 29.0 Å². The quantitative estimate of drug-likeness (QED) is 0.347. The molecular formula is C24H22ClF3N4O2S. The highest BCUT2D eigenvalue weighted by Crippen LogP contribution is 2.32. The summed E-state index contributed by atoms with van der Waals surface area (Å²) in [6.07, 6.45) is -3.27. The SMILES string of the molecule is O=C(NC1CCN(CC(F)(F)F)CC1)c1cc2ccccc2n1Cc1cc(-c2ccc(Cl)s2)on1. The number of nitrogens with zero attached hydrogens (tertiary/aromatic N) is 3. The standard InChI is InChI=1S/C24H22ClF3N4O2S/c25-22-6-5-21(35-22)20-12-17(30-34-20)13-32-18-4-2-1-3-15(18)11-19(32)23(33)29-16-7-9-31(10-8-16)14-24(26,27)28/h1-6,11-12,16H,7-10,13-14H2,(H,29,33). The molecule has 11 heteroatoms. The van der Waals surface area contributed by atoms with Gasteiger partial charge in [0, 0.05) is 36.1 Å². The van der Waals surface area contributed by atoms with E-state index in [1.165, 1.54) is 16.2 Å².